The summed E-state index contributed by atoms with van der Waals surface area (Å²) in [7, 11) is 0. The second-order valence-electron chi connectivity index (χ2n) is 4.83. The van der Waals surface area contributed by atoms with Crippen molar-refractivity contribution in [1.82, 2.24) is 10.2 Å². The van der Waals surface area contributed by atoms with Crippen LogP contribution in [0, 0.1) is 5.82 Å². The summed E-state index contributed by atoms with van der Waals surface area (Å²) >= 11 is 0. The van der Waals surface area contributed by atoms with Gasteiger partial charge in [-0.05, 0) is 24.7 Å². The van der Waals surface area contributed by atoms with Crippen LogP contribution in [0.4, 0.5) is 10.1 Å². The van der Waals surface area contributed by atoms with Crippen molar-refractivity contribution in [1.29, 1.82) is 0 Å². The van der Waals surface area contributed by atoms with Crippen LogP contribution in [0.1, 0.15) is 17.3 Å². The average Bonchev–Trinajstić information content (AvgIpc) is 2.45. The maximum Gasteiger partial charge on any atom is 0.253 e. The van der Waals surface area contributed by atoms with Crippen molar-refractivity contribution >= 4 is 11.6 Å². The van der Waals surface area contributed by atoms with Crippen LogP contribution >= 0.6 is 0 Å². The normalized spacial score (nSPS) is 19.8. The minimum atomic E-state index is -0.451. The Balaban J connectivity index is 1.88. The molecule has 6 heteroatoms. The maximum absolute atomic E-state index is 12.9. The molecule has 0 radical (unpaired) electrons. The van der Waals surface area contributed by atoms with Gasteiger partial charge in [0.1, 0.15) is 5.82 Å². The molecule has 1 aliphatic heterocycles. The molecule has 1 unspecified atom stereocenters. The molecular formula is C14H20FN3O2. The van der Waals surface area contributed by atoms with E-state index >= 15 is 0 Å². The molecule has 0 bridgehead atoms. The van der Waals surface area contributed by atoms with E-state index in [1.165, 1.54) is 12.1 Å². The first-order valence-electron chi connectivity index (χ1n) is 6.77. The van der Waals surface area contributed by atoms with Crippen molar-refractivity contribution in [3.8, 4) is 0 Å². The molecule has 2 rings (SSSR count). The van der Waals surface area contributed by atoms with E-state index in [-0.39, 0.29) is 23.3 Å². The van der Waals surface area contributed by atoms with Crippen LogP contribution in [-0.2, 0) is 4.74 Å². The van der Waals surface area contributed by atoms with E-state index in [0.29, 0.717) is 13.2 Å². The van der Waals surface area contributed by atoms with Crippen molar-refractivity contribution in [3.63, 3.8) is 0 Å². The topological polar surface area (TPSA) is 67.6 Å². The van der Waals surface area contributed by atoms with Crippen molar-refractivity contribution in [2.24, 2.45) is 0 Å². The molecule has 1 saturated heterocycles. The third-order valence-electron chi connectivity index (χ3n) is 3.42. The second kappa shape index (κ2) is 6.67. The van der Waals surface area contributed by atoms with Crippen molar-refractivity contribution in [2.75, 3.05) is 38.5 Å². The fraction of sp³-hybridized carbons (Fsp3) is 0.500. The first kappa shape index (κ1) is 14.7. The standard InChI is InChI=1S/C14H20FN3O2/c1-2-18-5-6-20-11(9-18)8-17-14(19)12-4-3-10(15)7-13(12)16/h3-4,7,11H,2,5-6,8-9,16H2,1H3,(H,17,19). The third kappa shape index (κ3) is 3.68. The number of rotatable bonds is 4. The SMILES string of the molecule is CCN1CCOC(CNC(=O)c2ccc(F)cc2N)C1. The third-order valence-corrected chi connectivity index (χ3v) is 3.42. The zero-order valence-corrected chi connectivity index (χ0v) is 11.6. The summed E-state index contributed by atoms with van der Waals surface area (Å²) in [5, 5.41) is 2.78. The molecule has 3 N–H and O–H groups in total. The summed E-state index contributed by atoms with van der Waals surface area (Å²) in [4.78, 5) is 14.3. The molecule has 20 heavy (non-hydrogen) atoms. The van der Waals surface area contributed by atoms with Crippen LogP contribution in [-0.4, -0.2) is 49.7 Å². The molecule has 1 atom stereocenters. The number of hydrogen-bond acceptors (Lipinski definition) is 4. The smallest absolute Gasteiger partial charge is 0.253 e. The Labute approximate surface area is 117 Å². The summed E-state index contributed by atoms with van der Waals surface area (Å²) in [5.41, 5.74) is 6.06. The van der Waals surface area contributed by atoms with Gasteiger partial charge in [0.05, 0.1) is 18.3 Å². The number of carbonyl (C=O) groups excluding carboxylic acids is 1. The Morgan fingerprint density at radius 2 is 2.40 bits per heavy atom. The van der Waals surface area contributed by atoms with E-state index in [2.05, 4.69) is 17.1 Å². The summed E-state index contributed by atoms with van der Waals surface area (Å²) in [5.74, 6) is -0.757. The summed E-state index contributed by atoms with van der Waals surface area (Å²) in [6.07, 6.45) is -0.0191. The molecule has 0 aliphatic carbocycles. The molecule has 0 spiro atoms. The van der Waals surface area contributed by atoms with E-state index in [4.69, 9.17) is 10.5 Å². The van der Waals surface area contributed by atoms with Crippen LogP contribution in [0.3, 0.4) is 0 Å². The van der Waals surface area contributed by atoms with Gasteiger partial charge in [0, 0.05) is 25.3 Å². The molecule has 0 aromatic heterocycles. The number of halogens is 1. The highest BCUT2D eigenvalue weighted by atomic mass is 19.1. The monoisotopic (exact) mass is 281 g/mol. The number of nitrogens with one attached hydrogen (secondary N) is 1. The molecule has 5 nitrogen and oxygen atoms in total. The first-order chi connectivity index (χ1) is 9.60. The van der Waals surface area contributed by atoms with Gasteiger partial charge in [-0.25, -0.2) is 4.39 Å². The Kier molecular flexibility index (Phi) is 4.92. The van der Waals surface area contributed by atoms with Gasteiger partial charge in [0.15, 0.2) is 0 Å². The van der Waals surface area contributed by atoms with Gasteiger partial charge in [-0.2, -0.15) is 0 Å². The summed E-state index contributed by atoms with van der Waals surface area (Å²) < 4.78 is 18.5. The van der Waals surface area contributed by atoms with Crippen molar-refractivity contribution in [3.05, 3.63) is 29.6 Å². The predicted molar refractivity (Wildman–Crippen MR) is 75.0 cm³/mol. The van der Waals surface area contributed by atoms with E-state index in [9.17, 15) is 9.18 Å². The lowest BCUT2D eigenvalue weighted by molar-refractivity contribution is -0.0246. The largest absolute Gasteiger partial charge is 0.398 e. The van der Waals surface area contributed by atoms with E-state index < -0.39 is 5.82 Å². The predicted octanol–water partition coefficient (Wildman–Crippen LogP) is 0.858. The highest BCUT2D eigenvalue weighted by molar-refractivity contribution is 5.99. The quantitative estimate of drug-likeness (QED) is 0.803. The molecule has 1 amide bonds. The van der Waals surface area contributed by atoms with E-state index in [1.807, 2.05) is 0 Å². The van der Waals surface area contributed by atoms with Crippen LogP contribution in [0.15, 0.2) is 18.2 Å². The first-order valence-corrected chi connectivity index (χ1v) is 6.77. The lowest BCUT2D eigenvalue weighted by Gasteiger charge is -2.32. The van der Waals surface area contributed by atoms with Crippen LogP contribution in [0.25, 0.3) is 0 Å². The zero-order chi connectivity index (χ0) is 14.5. The maximum atomic E-state index is 12.9. The number of likely N-dealkylation sites (N-methyl/N-ethyl adjacent to an activating group) is 1. The number of anilines is 1. The van der Waals surface area contributed by atoms with Gasteiger partial charge in [0.2, 0.25) is 0 Å². The van der Waals surface area contributed by atoms with Gasteiger partial charge in [-0.3, -0.25) is 9.69 Å². The van der Waals surface area contributed by atoms with Crippen molar-refractivity contribution < 1.29 is 13.9 Å². The molecule has 1 aromatic carbocycles. The Bertz CT molecular complexity index is 481. The summed E-state index contributed by atoms with van der Waals surface area (Å²) in [6, 6.07) is 3.76. The summed E-state index contributed by atoms with van der Waals surface area (Å²) in [6.45, 7) is 5.89. The molecular weight excluding hydrogens is 261 g/mol. The van der Waals surface area contributed by atoms with E-state index in [1.54, 1.807) is 0 Å². The molecule has 1 aromatic rings. The van der Waals surface area contributed by atoms with E-state index in [0.717, 1.165) is 25.7 Å². The molecule has 110 valence electrons. The highest BCUT2D eigenvalue weighted by Crippen LogP contribution is 2.13. The minimum Gasteiger partial charge on any atom is -0.398 e. The lowest BCUT2D eigenvalue weighted by atomic mass is 10.1. The molecule has 1 heterocycles. The Morgan fingerprint density at radius 1 is 1.60 bits per heavy atom. The van der Waals surface area contributed by atoms with Crippen molar-refractivity contribution in [2.45, 2.75) is 13.0 Å². The molecule has 0 saturated carbocycles. The number of amides is 1. The number of hydrogen-bond donors (Lipinski definition) is 2. The van der Waals surface area contributed by atoms with Crippen LogP contribution < -0.4 is 11.1 Å². The van der Waals surface area contributed by atoms with Gasteiger partial charge in [0.25, 0.3) is 5.91 Å². The number of ether oxygens (including phenoxy) is 1. The number of nitrogens with zero attached hydrogens (tertiary/aromatic N) is 1. The highest BCUT2D eigenvalue weighted by Gasteiger charge is 2.20. The number of carbonyl (C=O) groups is 1. The fourth-order valence-electron chi connectivity index (χ4n) is 2.23. The lowest BCUT2D eigenvalue weighted by Crippen LogP contribution is -2.47. The number of nitrogens with two attached hydrogens (primary N) is 1. The van der Waals surface area contributed by atoms with Gasteiger partial charge in [-0.15, -0.1) is 0 Å². The molecule has 1 fully saturated rings. The fourth-order valence-corrected chi connectivity index (χ4v) is 2.23. The van der Waals surface area contributed by atoms with Crippen LogP contribution in [0.2, 0.25) is 0 Å². The number of nitrogen functional groups attached to an aromatic ring is 1. The zero-order valence-electron chi connectivity index (χ0n) is 11.6. The number of morpholine rings is 1. The Morgan fingerprint density at radius 3 is 3.10 bits per heavy atom. The Hall–Kier alpha value is -1.66. The van der Waals surface area contributed by atoms with Gasteiger partial charge < -0.3 is 15.8 Å². The number of benzene rings is 1. The minimum absolute atomic E-state index is 0.0191. The van der Waals surface area contributed by atoms with Gasteiger partial charge >= 0.3 is 0 Å². The average molecular weight is 281 g/mol. The van der Waals surface area contributed by atoms with Gasteiger partial charge in [-0.1, -0.05) is 6.92 Å². The molecule has 1 aliphatic rings. The second-order valence-corrected chi connectivity index (χ2v) is 4.83. The van der Waals surface area contributed by atoms with Crippen LogP contribution in [0.5, 0.6) is 0 Å².